The van der Waals surface area contributed by atoms with Crippen molar-refractivity contribution in [2.45, 2.75) is 40.7 Å². The zero-order valence-electron chi connectivity index (χ0n) is 16.0. The highest BCUT2D eigenvalue weighted by Gasteiger charge is 2.14. The number of hydrogen-bond acceptors (Lipinski definition) is 3. The quantitative estimate of drug-likeness (QED) is 0.583. The molecule has 0 aliphatic heterocycles. The van der Waals surface area contributed by atoms with Crippen molar-refractivity contribution in [1.29, 1.82) is 0 Å². The van der Waals surface area contributed by atoms with Gasteiger partial charge in [0, 0.05) is 5.69 Å². The van der Waals surface area contributed by atoms with Crippen molar-refractivity contribution in [3.05, 3.63) is 64.2 Å². The van der Waals surface area contributed by atoms with Crippen molar-refractivity contribution in [2.24, 2.45) is 0 Å². The van der Waals surface area contributed by atoms with Gasteiger partial charge in [0.25, 0.3) is 0 Å². The molecule has 0 amide bonds. The first kappa shape index (κ1) is 19.9. The van der Waals surface area contributed by atoms with E-state index in [1.807, 2.05) is 19.1 Å². The molecule has 0 bridgehead atoms. The molecule has 1 atom stereocenters. The lowest BCUT2D eigenvalue weighted by Crippen LogP contribution is -2.31. The van der Waals surface area contributed by atoms with E-state index in [0.29, 0.717) is 17.3 Å². The molecular weight excluding hydrogens is 344 g/mol. The van der Waals surface area contributed by atoms with E-state index < -0.39 is 0 Å². The van der Waals surface area contributed by atoms with Crippen LogP contribution in [0.3, 0.4) is 0 Å². The third-order valence-electron chi connectivity index (χ3n) is 4.33. The van der Waals surface area contributed by atoms with E-state index >= 15 is 0 Å². The van der Waals surface area contributed by atoms with Gasteiger partial charge < -0.3 is 15.4 Å². The fraction of sp³-hybridized carbons (Fsp3) is 0.333. The Hall–Kier alpha value is -2.40. The maximum absolute atomic E-state index is 12.0. The fourth-order valence-corrected chi connectivity index (χ4v) is 3.15. The normalized spacial score (nSPS) is 11.6. The summed E-state index contributed by atoms with van der Waals surface area (Å²) in [5, 5.41) is 7.03. The molecule has 0 saturated heterocycles. The van der Waals surface area contributed by atoms with E-state index in [1.165, 1.54) is 16.7 Å². The molecule has 2 rings (SSSR count). The lowest BCUT2D eigenvalue weighted by atomic mass is 10.0. The van der Waals surface area contributed by atoms with E-state index in [9.17, 15) is 4.79 Å². The van der Waals surface area contributed by atoms with Crippen LogP contribution in [0.2, 0.25) is 0 Å². The van der Waals surface area contributed by atoms with E-state index in [2.05, 4.69) is 49.6 Å². The number of aryl methyl sites for hydroxylation is 2. The number of rotatable bonds is 5. The number of thiocarbonyl (C=S) groups is 1. The zero-order valence-corrected chi connectivity index (χ0v) is 16.8. The number of ether oxygens (including phenoxy) is 1. The molecule has 2 aromatic carbocycles. The summed E-state index contributed by atoms with van der Waals surface area (Å²) in [5.41, 5.74) is 5.80. The summed E-state index contributed by atoms with van der Waals surface area (Å²) in [5.74, 6) is -0.323. The van der Waals surface area contributed by atoms with Gasteiger partial charge >= 0.3 is 5.97 Å². The topological polar surface area (TPSA) is 50.4 Å². The Morgan fingerprint density at radius 3 is 2.62 bits per heavy atom. The summed E-state index contributed by atoms with van der Waals surface area (Å²) >= 11 is 5.47. The van der Waals surface area contributed by atoms with E-state index in [1.54, 1.807) is 13.0 Å². The molecule has 0 aromatic heterocycles. The van der Waals surface area contributed by atoms with Crippen molar-refractivity contribution >= 4 is 29.0 Å². The molecule has 0 radical (unpaired) electrons. The Kier molecular flexibility index (Phi) is 6.75. The minimum atomic E-state index is -0.323. The summed E-state index contributed by atoms with van der Waals surface area (Å²) in [6.07, 6.45) is 0. The predicted molar refractivity (Wildman–Crippen MR) is 111 cm³/mol. The molecule has 26 heavy (non-hydrogen) atoms. The Labute approximate surface area is 161 Å². The van der Waals surface area contributed by atoms with Gasteiger partial charge in [-0.25, -0.2) is 4.79 Å². The number of anilines is 1. The maximum atomic E-state index is 12.0. The molecule has 2 N–H and O–H groups in total. The Morgan fingerprint density at radius 2 is 1.92 bits per heavy atom. The summed E-state index contributed by atoms with van der Waals surface area (Å²) in [7, 11) is 0. The molecular formula is C21H26N2O2S. The van der Waals surface area contributed by atoms with Gasteiger partial charge in [-0.15, -0.1) is 0 Å². The molecule has 0 fully saturated rings. The number of nitrogens with one attached hydrogen (secondary N) is 2. The zero-order chi connectivity index (χ0) is 19.3. The second-order valence-corrected chi connectivity index (χ2v) is 6.79. The van der Waals surface area contributed by atoms with Gasteiger partial charge in [-0.3, -0.25) is 0 Å². The molecule has 0 saturated carbocycles. The van der Waals surface area contributed by atoms with E-state index in [4.69, 9.17) is 17.0 Å². The van der Waals surface area contributed by atoms with Crippen molar-refractivity contribution in [1.82, 2.24) is 5.32 Å². The Morgan fingerprint density at radius 1 is 1.19 bits per heavy atom. The lowest BCUT2D eigenvalue weighted by Gasteiger charge is -2.20. The molecule has 5 heteroatoms. The molecule has 0 unspecified atom stereocenters. The second kappa shape index (κ2) is 8.81. The van der Waals surface area contributed by atoms with Crippen molar-refractivity contribution in [2.75, 3.05) is 11.9 Å². The van der Waals surface area contributed by atoms with Crippen LogP contribution in [0.4, 0.5) is 5.69 Å². The molecule has 0 heterocycles. The van der Waals surface area contributed by atoms with E-state index in [0.717, 1.165) is 11.3 Å². The van der Waals surface area contributed by atoms with Gasteiger partial charge in [-0.2, -0.15) is 0 Å². The Balaban J connectivity index is 2.11. The molecule has 138 valence electrons. The summed E-state index contributed by atoms with van der Waals surface area (Å²) in [4.78, 5) is 12.0. The SMILES string of the molecule is CCOC(=O)c1cccc(NC(=S)N[C@@H](C)c2cc(C)ccc2C)c1C. The first-order chi connectivity index (χ1) is 12.3. The minimum Gasteiger partial charge on any atom is -0.462 e. The maximum Gasteiger partial charge on any atom is 0.338 e. The van der Waals surface area contributed by atoms with Gasteiger partial charge in [-0.05, 0) is 75.7 Å². The highest BCUT2D eigenvalue weighted by Crippen LogP contribution is 2.22. The summed E-state index contributed by atoms with van der Waals surface area (Å²) < 4.78 is 5.10. The average molecular weight is 371 g/mol. The monoisotopic (exact) mass is 370 g/mol. The molecule has 2 aromatic rings. The third-order valence-corrected chi connectivity index (χ3v) is 4.55. The van der Waals surface area contributed by atoms with Crippen LogP contribution in [0, 0.1) is 20.8 Å². The van der Waals surface area contributed by atoms with Crippen LogP contribution in [0.25, 0.3) is 0 Å². The van der Waals surface area contributed by atoms with Crippen molar-refractivity contribution < 1.29 is 9.53 Å². The van der Waals surface area contributed by atoms with Crippen LogP contribution in [0.1, 0.15) is 52.5 Å². The van der Waals surface area contributed by atoms with Crippen LogP contribution in [-0.2, 0) is 4.74 Å². The predicted octanol–water partition coefficient (Wildman–Crippen LogP) is 4.84. The van der Waals surface area contributed by atoms with Crippen LogP contribution in [-0.4, -0.2) is 17.7 Å². The van der Waals surface area contributed by atoms with Gasteiger partial charge in [0.2, 0.25) is 0 Å². The highest BCUT2D eigenvalue weighted by atomic mass is 32.1. The van der Waals surface area contributed by atoms with E-state index in [-0.39, 0.29) is 12.0 Å². The first-order valence-corrected chi connectivity index (χ1v) is 9.15. The largest absolute Gasteiger partial charge is 0.462 e. The van der Waals surface area contributed by atoms with Crippen molar-refractivity contribution in [3.63, 3.8) is 0 Å². The number of hydrogen-bond donors (Lipinski definition) is 2. The van der Waals surface area contributed by atoms with Crippen LogP contribution in [0.15, 0.2) is 36.4 Å². The average Bonchev–Trinajstić information content (AvgIpc) is 2.59. The number of carbonyl (C=O) groups is 1. The molecule has 0 spiro atoms. The number of esters is 1. The highest BCUT2D eigenvalue weighted by molar-refractivity contribution is 7.80. The van der Waals surface area contributed by atoms with Gasteiger partial charge in [0.1, 0.15) is 0 Å². The minimum absolute atomic E-state index is 0.0726. The second-order valence-electron chi connectivity index (χ2n) is 6.38. The first-order valence-electron chi connectivity index (χ1n) is 8.74. The fourth-order valence-electron chi connectivity index (χ4n) is 2.86. The summed E-state index contributed by atoms with van der Waals surface area (Å²) in [6, 6.07) is 11.9. The van der Waals surface area contributed by atoms with Gasteiger partial charge in [-0.1, -0.05) is 29.8 Å². The number of benzene rings is 2. The molecule has 0 aliphatic rings. The molecule has 4 nitrogen and oxygen atoms in total. The smallest absolute Gasteiger partial charge is 0.338 e. The lowest BCUT2D eigenvalue weighted by molar-refractivity contribution is 0.0525. The summed E-state index contributed by atoms with van der Waals surface area (Å²) in [6.45, 7) is 10.3. The number of carbonyl (C=O) groups excluding carboxylic acids is 1. The van der Waals surface area contributed by atoms with Crippen LogP contribution >= 0.6 is 12.2 Å². The Bertz CT molecular complexity index is 818. The third kappa shape index (κ3) is 4.82. The van der Waals surface area contributed by atoms with Crippen LogP contribution < -0.4 is 10.6 Å². The molecule has 0 aliphatic carbocycles. The standard InChI is InChI=1S/C21H26N2O2S/c1-6-25-20(24)17-8-7-9-19(15(17)4)23-21(26)22-16(5)18-12-13(2)10-11-14(18)3/h7-12,16H,6H2,1-5H3,(H2,22,23,26)/t16-/m0/s1. The van der Waals surface area contributed by atoms with Gasteiger partial charge in [0.15, 0.2) is 5.11 Å². The van der Waals surface area contributed by atoms with Crippen molar-refractivity contribution in [3.8, 4) is 0 Å². The van der Waals surface area contributed by atoms with Gasteiger partial charge in [0.05, 0.1) is 18.2 Å². The van der Waals surface area contributed by atoms with Crippen LogP contribution in [0.5, 0.6) is 0 Å².